The third-order valence-electron chi connectivity index (χ3n) is 3.30. The van der Waals surface area contributed by atoms with Crippen molar-refractivity contribution in [3.63, 3.8) is 0 Å². The fourth-order valence-corrected chi connectivity index (χ4v) is 2.22. The average Bonchev–Trinajstić information content (AvgIpc) is 2.90. The van der Waals surface area contributed by atoms with Gasteiger partial charge in [-0.2, -0.15) is 5.10 Å². The summed E-state index contributed by atoms with van der Waals surface area (Å²) in [6.45, 7) is 5.45. The first-order valence-corrected chi connectivity index (χ1v) is 6.84. The number of hydrogen-bond acceptors (Lipinski definition) is 2. The van der Waals surface area contributed by atoms with Gasteiger partial charge >= 0.3 is 0 Å². The van der Waals surface area contributed by atoms with Gasteiger partial charge in [0.1, 0.15) is 11.6 Å². The Kier molecular flexibility index (Phi) is 4.84. The quantitative estimate of drug-likeness (QED) is 0.880. The van der Waals surface area contributed by atoms with E-state index in [1.807, 2.05) is 20.0 Å². The molecule has 1 N–H and O–H groups in total. The van der Waals surface area contributed by atoms with Crippen LogP contribution in [0.2, 0.25) is 0 Å². The van der Waals surface area contributed by atoms with Gasteiger partial charge < -0.3 is 5.32 Å². The number of nitrogens with zero attached hydrogens (tertiary/aromatic N) is 2. The Bertz CT molecular complexity index is 546. The van der Waals surface area contributed by atoms with E-state index < -0.39 is 11.6 Å². The Labute approximate surface area is 117 Å². The van der Waals surface area contributed by atoms with Gasteiger partial charge in [-0.3, -0.25) is 4.68 Å². The molecular formula is C15H19F2N3. The summed E-state index contributed by atoms with van der Waals surface area (Å²) in [7, 11) is 0. The molecule has 0 amide bonds. The van der Waals surface area contributed by atoms with E-state index in [0.29, 0.717) is 0 Å². The highest BCUT2D eigenvalue weighted by molar-refractivity contribution is 5.23. The predicted molar refractivity (Wildman–Crippen MR) is 74.4 cm³/mol. The van der Waals surface area contributed by atoms with Crippen LogP contribution in [0.4, 0.5) is 8.78 Å². The van der Waals surface area contributed by atoms with E-state index in [2.05, 4.69) is 10.4 Å². The number of aryl methyl sites for hydroxylation is 1. The molecule has 0 bridgehead atoms. The van der Waals surface area contributed by atoms with Crippen LogP contribution in [0, 0.1) is 11.6 Å². The first-order valence-electron chi connectivity index (χ1n) is 6.84. The molecule has 1 aromatic carbocycles. The monoisotopic (exact) mass is 279 g/mol. The lowest BCUT2D eigenvalue weighted by Gasteiger charge is -2.17. The molecule has 0 aliphatic rings. The second-order valence-corrected chi connectivity index (χ2v) is 4.64. The Morgan fingerprint density at radius 2 is 1.95 bits per heavy atom. The molecule has 1 aromatic heterocycles. The number of halogens is 2. The van der Waals surface area contributed by atoms with Crippen LogP contribution in [0.25, 0.3) is 0 Å². The summed E-state index contributed by atoms with van der Waals surface area (Å²) in [6, 6.07) is 3.81. The maximum atomic E-state index is 13.7. The summed E-state index contributed by atoms with van der Waals surface area (Å²) in [4.78, 5) is 0. The van der Waals surface area contributed by atoms with E-state index in [4.69, 9.17) is 0 Å². The minimum atomic E-state index is -0.504. The van der Waals surface area contributed by atoms with Crippen LogP contribution in [0.15, 0.2) is 30.6 Å². The van der Waals surface area contributed by atoms with Gasteiger partial charge in [-0.1, -0.05) is 13.0 Å². The fraction of sp³-hybridized carbons (Fsp3) is 0.400. The molecule has 108 valence electrons. The number of nitrogens with one attached hydrogen (secondary N) is 1. The molecule has 2 aromatic rings. The minimum Gasteiger partial charge on any atom is -0.310 e. The standard InChI is InChI=1S/C15H19F2N3/c1-3-18-15(11-9-19-20(4-2)10-11)8-12-13(16)6-5-7-14(12)17/h5-7,9-10,15,18H,3-4,8H2,1-2H3. The number of aromatic nitrogens is 2. The van der Waals surface area contributed by atoms with Crippen molar-refractivity contribution in [2.75, 3.05) is 6.54 Å². The molecule has 0 saturated heterocycles. The summed E-state index contributed by atoms with van der Waals surface area (Å²) in [5.74, 6) is -1.01. The Morgan fingerprint density at radius 3 is 2.50 bits per heavy atom. The van der Waals surface area contributed by atoms with Gasteiger partial charge in [0.25, 0.3) is 0 Å². The van der Waals surface area contributed by atoms with E-state index in [1.54, 1.807) is 10.9 Å². The van der Waals surface area contributed by atoms with Crippen LogP contribution in [0.1, 0.15) is 31.0 Å². The molecule has 20 heavy (non-hydrogen) atoms. The molecule has 0 saturated carbocycles. The normalized spacial score (nSPS) is 12.6. The van der Waals surface area contributed by atoms with E-state index >= 15 is 0 Å². The first-order chi connectivity index (χ1) is 9.65. The topological polar surface area (TPSA) is 29.9 Å². The lowest BCUT2D eigenvalue weighted by Crippen LogP contribution is -2.23. The maximum absolute atomic E-state index is 13.7. The van der Waals surface area contributed by atoms with Gasteiger partial charge in [0.05, 0.1) is 6.20 Å². The van der Waals surface area contributed by atoms with Gasteiger partial charge in [-0.15, -0.1) is 0 Å². The van der Waals surface area contributed by atoms with Crippen molar-refractivity contribution in [2.24, 2.45) is 0 Å². The molecule has 0 radical (unpaired) electrons. The second kappa shape index (κ2) is 6.61. The van der Waals surface area contributed by atoms with Crippen LogP contribution in [0.3, 0.4) is 0 Å². The van der Waals surface area contributed by atoms with Gasteiger partial charge in [0, 0.05) is 29.9 Å². The van der Waals surface area contributed by atoms with Crippen LogP contribution in [0.5, 0.6) is 0 Å². The van der Waals surface area contributed by atoms with Crippen molar-refractivity contribution < 1.29 is 8.78 Å². The van der Waals surface area contributed by atoms with Crippen LogP contribution >= 0.6 is 0 Å². The summed E-state index contributed by atoms with van der Waals surface area (Å²) >= 11 is 0. The largest absolute Gasteiger partial charge is 0.310 e. The highest BCUT2D eigenvalue weighted by atomic mass is 19.1. The number of likely N-dealkylation sites (N-methyl/N-ethyl adjacent to an activating group) is 1. The van der Waals surface area contributed by atoms with E-state index in [0.717, 1.165) is 18.7 Å². The van der Waals surface area contributed by atoms with Crippen LogP contribution in [-0.4, -0.2) is 16.3 Å². The third-order valence-corrected chi connectivity index (χ3v) is 3.30. The highest BCUT2D eigenvalue weighted by Gasteiger charge is 2.18. The van der Waals surface area contributed by atoms with Gasteiger partial charge in [-0.05, 0) is 32.0 Å². The second-order valence-electron chi connectivity index (χ2n) is 4.64. The molecule has 0 spiro atoms. The zero-order valence-electron chi connectivity index (χ0n) is 11.7. The molecule has 5 heteroatoms. The van der Waals surface area contributed by atoms with Gasteiger partial charge in [0.15, 0.2) is 0 Å². The van der Waals surface area contributed by atoms with Crippen molar-refractivity contribution >= 4 is 0 Å². The van der Waals surface area contributed by atoms with E-state index in [1.165, 1.54) is 18.2 Å². The average molecular weight is 279 g/mol. The third kappa shape index (κ3) is 3.22. The van der Waals surface area contributed by atoms with Crippen LogP contribution in [-0.2, 0) is 13.0 Å². The van der Waals surface area contributed by atoms with Crippen molar-refractivity contribution in [2.45, 2.75) is 32.9 Å². The van der Waals surface area contributed by atoms with Crippen molar-refractivity contribution in [3.8, 4) is 0 Å². The zero-order valence-corrected chi connectivity index (χ0v) is 11.7. The predicted octanol–water partition coefficient (Wildman–Crippen LogP) is 3.07. The maximum Gasteiger partial charge on any atom is 0.129 e. The SMILES string of the molecule is CCNC(Cc1c(F)cccc1F)c1cnn(CC)c1. The summed E-state index contributed by atoms with van der Waals surface area (Å²) in [5.41, 5.74) is 1.05. The summed E-state index contributed by atoms with van der Waals surface area (Å²) in [5, 5.41) is 7.47. The molecule has 1 heterocycles. The molecular weight excluding hydrogens is 260 g/mol. The molecule has 1 atom stereocenters. The molecule has 2 rings (SSSR count). The number of benzene rings is 1. The van der Waals surface area contributed by atoms with E-state index in [9.17, 15) is 8.78 Å². The molecule has 3 nitrogen and oxygen atoms in total. The fourth-order valence-electron chi connectivity index (χ4n) is 2.22. The number of rotatable bonds is 6. The Morgan fingerprint density at radius 1 is 1.25 bits per heavy atom. The smallest absolute Gasteiger partial charge is 0.129 e. The zero-order chi connectivity index (χ0) is 14.5. The van der Waals surface area contributed by atoms with Gasteiger partial charge in [-0.25, -0.2) is 8.78 Å². The lowest BCUT2D eigenvalue weighted by molar-refractivity contribution is 0.499. The van der Waals surface area contributed by atoms with Crippen molar-refractivity contribution in [1.29, 1.82) is 0 Å². The Balaban J connectivity index is 2.25. The lowest BCUT2D eigenvalue weighted by atomic mass is 10.0. The molecule has 0 fully saturated rings. The van der Waals surface area contributed by atoms with E-state index in [-0.39, 0.29) is 18.0 Å². The first kappa shape index (κ1) is 14.7. The minimum absolute atomic E-state index is 0.114. The Hall–Kier alpha value is -1.75. The number of hydrogen-bond donors (Lipinski definition) is 1. The van der Waals surface area contributed by atoms with Crippen molar-refractivity contribution in [1.82, 2.24) is 15.1 Å². The van der Waals surface area contributed by atoms with Crippen LogP contribution < -0.4 is 5.32 Å². The summed E-state index contributed by atoms with van der Waals surface area (Å²) in [6.07, 6.45) is 3.92. The molecule has 1 unspecified atom stereocenters. The molecule has 0 aliphatic heterocycles. The molecule has 0 aliphatic carbocycles. The summed E-state index contributed by atoms with van der Waals surface area (Å²) < 4.78 is 29.3. The van der Waals surface area contributed by atoms with Gasteiger partial charge in [0.2, 0.25) is 0 Å². The van der Waals surface area contributed by atoms with Crippen molar-refractivity contribution in [3.05, 3.63) is 53.4 Å². The highest BCUT2D eigenvalue weighted by Crippen LogP contribution is 2.22.